The van der Waals surface area contributed by atoms with Crippen molar-refractivity contribution in [3.05, 3.63) is 23.5 Å². The second-order valence-electron chi connectivity index (χ2n) is 3.21. The Morgan fingerprint density at radius 3 is 2.50 bits per heavy atom. The average molecular weight is 194 g/mol. The largest absolute Gasteiger partial charge is 0.493 e. The van der Waals surface area contributed by atoms with Crippen molar-refractivity contribution >= 4 is 11.6 Å². The predicted octanol–water partition coefficient (Wildman–Crippen LogP) is 1.79. The lowest BCUT2D eigenvalue weighted by Crippen LogP contribution is -2.14. The smallest absolute Gasteiger partial charge is 0.220 e. The summed E-state index contributed by atoms with van der Waals surface area (Å²) in [5, 5.41) is 0. The van der Waals surface area contributed by atoms with Crippen molar-refractivity contribution in [3.8, 4) is 0 Å². The summed E-state index contributed by atoms with van der Waals surface area (Å²) in [4.78, 5) is 22.8. The van der Waals surface area contributed by atoms with Crippen molar-refractivity contribution in [2.75, 3.05) is 7.11 Å². The second kappa shape index (κ2) is 4.74. The Bertz CT molecular complexity index is 310. The van der Waals surface area contributed by atoms with E-state index in [1.54, 1.807) is 0 Å². The van der Waals surface area contributed by atoms with E-state index in [4.69, 9.17) is 4.74 Å². The minimum Gasteiger partial charge on any atom is -0.493 e. The van der Waals surface area contributed by atoms with Gasteiger partial charge >= 0.3 is 0 Å². The van der Waals surface area contributed by atoms with Crippen LogP contribution in [0.15, 0.2) is 23.5 Å². The summed E-state index contributed by atoms with van der Waals surface area (Å²) in [6.07, 6.45) is 5.28. The zero-order valence-corrected chi connectivity index (χ0v) is 8.50. The van der Waals surface area contributed by atoms with Crippen LogP contribution in [0, 0.1) is 0 Å². The first-order valence-corrected chi connectivity index (χ1v) is 4.74. The fraction of sp³-hybridized carbons (Fsp3) is 0.455. The van der Waals surface area contributed by atoms with Crippen molar-refractivity contribution < 1.29 is 14.3 Å². The van der Waals surface area contributed by atoms with Crippen molar-refractivity contribution in [3.63, 3.8) is 0 Å². The molecule has 0 amide bonds. The standard InChI is InChI=1S/C11H14O3/c1-3-4-5-8-6-10(13)11(14-2)7-9(8)12/h6-7H,3-5H2,1-2H3. The molecule has 0 fully saturated rings. The summed E-state index contributed by atoms with van der Waals surface area (Å²) in [7, 11) is 1.39. The van der Waals surface area contributed by atoms with Gasteiger partial charge in [0.05, 0.1) is 7.11 Å². The van der Waals surface area contributed by atoms with Crippen LogP contribution < -0.4 is 0 Å². The van der Waals surface area contributed by atoms with Crippen molar-refractivity contribution in [1.29, 1.82) is 0 Å². The van der Waals surface area contributed by atoms with Gasteiger partial charge in [-0.25, -0.2) is 0 Å². The number of carbonyl (C=O) groups excluding carboxylic acids is 2. The van der Waals surface area contributed by atoms with Gasteiger partial charge in [0, 0.05) is 11.6 Å². The highest BCUT2D eigenvalue weighted by Gasteiger charge is 2.19. The zero-order valence-electron chi connectivity index (χ0n) is 8.50. The molecule has 0 aromatic heterocycles. The summed E-state index contributed by atoms with van der Waals surface area (Å²) in [5.74, 6) is -0.177. The molecule has 0 N–H and O–H groups in total. The molecule has 0 aromatic carbocycles. The first-order valence-electron chi connectivity index (χ1n) is 4.74. The number of ether oxygens (including phenoxy) is 1. The molecule has 0 spiro atoms. The third-order valence-electron chi connectivity index (χ3n) is 2.15. The fourth-order valence-corrected chi connectivity index (χ4v) is 1.31. The van der Waals surface area contributed by atoms with E-state index in [0.717, 1.165) is 12.8 Å². The highest BCUT2D eigenvalue weighted by Crippen LogP contribution is 2.16. The molecule has 0 radical (unpaired) electrons. The Hall–Kier alpha value is -1.38. The van der Waals surface area contributed by atoms with Gasteiger partial charge in [-0.1, -0.05) is 13.3 Å². The number of rotatable bonds is 4. The summed E-state index contributed by atoms with van der Waals surface area (Å²) < 4.78 is 4.77. The van der Waals surface area contributed by atoms with Gasteiger partial charge in [0.15, 0.2) is 11.5 Å². The molecule has 0 heterocycles. The van der Waals surface area contributed by atoms with Crippen molar-refractivity contribution in [1.82, 2.24) is 0 Å². The maximum Gasteiger partial charge on any atom is 0.220 e. The number of ketones is 2. The molecule has 1 rings (SSSR count). The minimum atomic E-state index is -0.210. The molecule has 0 bridgehead atoms. The molecule has 0 atom stereocenters. The molecule has 0 aliphatic heterocycles. The van der Waals surface area contributed by atoms with Crippen LogP contribution in [0.25, 0.3) is 0 Å². The molecule has 0 unspecified atom stereocenters. The van der Waals surface area contributed by atoms with E-state index < -0.39 is 0 Å². The van der Waals surface area contributed by atoms with Gasteiger partial charge in [-0.2, -0.15) is 0 Å². The number of hydrogen-bond donors (Lipinski definition) is 0. The molecule has 0 aromatic rings. The lowest BCUT2D eigenvalue weighted by Gasteiger charge is -2.10. The molecular weight excluding hydrogens is 180 g/mol. The van der Waals surface area contributed by atoms with Crippen LogP contribution in [0.5, 0.6) is 0 Å². The normalized spacial score (nSPS) is 16.4. The predicted molar refractivity (Wildman–Crippen MR) is 52.7 cm³/mol. The summed E-state index contributed by atoms with van der Waals surface area (Å²) in [5.41, 5.74) is 0.595. The lowest BCUT2D eigenvalue weighted by molar-refractivity contribution is -0.117. The molecule has 76 valence electrons. The first-order chi connectivity index (χ1) is 6.69. The number of unbranched alkanes of at least 4 members (excludes halogenated alkanes) is 1. The highest BCUT2D eigenvalue weighted by molar-refractivity contribution is 6.19. The van der Waals surface area contributed by atoms with Crippen LogP contribution in [-0.4, -0.2) is 18.7 Å². The van der Waals surface area contributed by atoms with E-state index in [1.807, 2.05) is 6.92 Å². The Kier molecular flexibility index (Phi) is 3.63. The van der Waals surface area contributed by atoms with Crippen LogP contribution in [0.4, 0.5) is 0 Å². The number of allylic oxidation sites excluding steroid dienone is 3. The Labute approximate surface area is 83.4 Å². The van der Waals surface area contributed by atoms with E-state index >= 15 is 0 Å². The molecule has 0 saturated carbocycles. The lowest BCUT2D eigenvalue weighted by atomic mass is 9.98. The van der Waals surface area contributed by atoms with E-state index in [0.29, 0.717) is 12.0 Å². The van der Waals surface area contributed by atoms with Gasteiger partial charge < -0.3 is 4.74 Å². The van der Waals surface area contributed by atoms with Crippen LogP contribution in [-0.2, 0) is 14.3 Å². The maximum absolute atomic E-state index is 11.4. The monoisotopic (exact) mass is 194 g/mol. The van der Waals surface area contributed by atoms with Gasteiger partial charge in [-0.05, 0) is 18.9 Å². The minimum absolute atomic E-state index is 0.102. The summed E-state index contributed by atoms with van der Waals surface area (Å²) in [6, 6.07) is 0. The second-order valence-corrected chi connectivity index (χ2v) is 3.21. The van der Waals surface area contributed by atoms with Crippen molar-refractivity contribution in [2.45, 2.75) is 26.2 Å². The highest BCUT2D eigenvalue weighted by atomic mass is 16.5. The summed E-state index contributed by atoms with van der Waals surface area (Å²) >= 11 is 0. The molecule has 1 aliphatic rings. The average Bonchev–Trinajstić information content (AvgIpc) is 2.18. The zero-order chi connectivity index (χ0) is 10.6. The van der Waals surface area contributed by atoms with E-state index in [1.165, 1.54) is 19.3 Å². The maximum atomic E-state index is 11.4. The van der Waals surface area contributed by atoms with Gasteiger partial charge in [-0.3, -0.25) is 9.59 Å². The number of methoxy groups -OCH3 is 1. The van der Waals surface area contributed by atoms with E-state index in [9.17, 15) is 9.59 Å². The molecule has 0 saturated heterocycles. The Balaban J connectivity index is 2.73. The van der Waals surface area contributed by atoms with Gasteiger partial charge in [0.2, 0.25) is 5.78 Å². The third-order valence-corrected chi connectivity index (χ3v) is 2.15. The van der Waals surface area contributed by atoms with E-state index in [-0.39, 0.29) is 17.3 Å². The molecule has 1 aliphatic carbocycles. The van der Waals surface area contributed by atoms with Gasteiger partial charge in [0.25, 0.3) is 0 Å². The first kappa shape index (κ1) is 10.7. The van der Waals surface area contributed by atoms with Gasteiger partial charge in [-0.15, -0.1) is 0 Å². The van der Waals surface area contributed by atoms with E-state index in [2.05, 4.69) is 0 Å². The molecule has 3 nitrogen and oxygen atoms in total. The van der Waals surface area contributed by atoms with Crippen LogP contribution in [0.2, 0.25) is 0 Å². The Morgan fingerprint density at radius 1 is 1.21 bits per heavy atom. The van der Waals surface area contributed by atoms with Crippen molar-refractivity contribution in [2.24, 2.45) is 0 Å². The number of hydrogen-bond acceptors (Lipinski definition) is 3. The molecule has 14 heavy (non-hydrogen) atoms. The Morgan fingerprint density at radius 2 is 1.93 bits per heavy atom. The SMILES string of the molecule is CCCCC1=CC(=O)C(OC)=CC1=O. The van der Waals surface area contributed by atoms with Gasteiger partial charge in [0.1, 0.15) is 0 Å². The topological polar surface area (TPSA) is 43.4 Å². The number of carbonyl (C=O) groups is 2. The molecule has 3 heteroatoms. The fourth-order valence-electron chi connectivity index (χ4n) is 1.31. The quantitative estimate of drug-likeness (QED) is 0.641. The molecular formula is C11H14O3. The summed E-state index contributed by atoms with van der Waals surface area (Å²) in [6.45, 7) is 2.05. The third kappa shape index (κ3) is 2.31. The van der Waals surface area contributed by atoms with Crippen LogP contribution >= 0.6 is 0 Å². The van der Waals surface area contributed by atoms with Crippen LogP contribution in [0.1, 0.15) is 26.2 Å². The van der Waals surface area contributed by atoms with Crippen LogP contribution in [0.3, 0.4) is 0 Å².